The Hall–Kier alpha value is 2.35. The van der Waals surface area contributed by atoms with E-state index in [2.05, 4.69) is 75.0 Å². The fourth-order valence-electron chi connectivity index (χ4n) is 1.72. The summed E-state index contributed by atoms with van der Waals surface area (Å²) in [5.41, 5.74) is 0. The molecule has 0 fully saturated rings. The Morgan fingerprint density at radius 1 is 0.688 bits per heavy atom. The normalized spacial score (nSPS) is 13.1. The minimum absolute atomic E-state index is 1.00. The molecular weight excluding hydrogens is 496 g/mol. The van der Waals surface area contributed by atoms with Crippen LogP contribution in [0.3, 0.4) is 0 Å². The van der Waals surface area contributed by atoms with Gasteiger partial charge in [0.2, 0.25) is 0 Å². The van der Waals surface area contributed by atoms with E-state index in [9.17, 15) is 0 Å². The Labute approximate surface area is 134 Å². The van der Waals surface area contributed by atoms with E-state index in [1.165, 1.54) is 49.9 Å². The van der Waals surface area contributed by atoms with Crippen LogP contribution in [0.1, 0.15) is 39.5 Å². The highest BCUT2D eigenvalue weighted by atomic mass is 80.0. The summed E-state index contributed by atoms with van der Waals surface area (Å²) in [5.74, 6) is 0. The van der Waals surface area contributed by atoms with E-state index in [0.29, 0.717) is 0 Å². The first kappa shape index (κ1) is 18.4. The molecule has 0 aromatic heterocycles. The predicted octanol–water partition coefficient (Wildman–Crippen LogP) is 7.05. The molecule has 0 aliphatic rings. The topological polar surface area (TPSA) is 0 Å². The summed E-state index contributed by atoms with van der Waals surface area (Å²) >= 11 is 15.0. The second-order valence-electron chi connectivity index (χ2n) is 4.39. The second-order valence-corrected chi connectivity index (χ2v) is 37.1. The van der Waals surface area contributed by atoms with Crippen molar-refractivity contribution in [1.82, 2.24) is 0 Å². The first-order chi connectivity index (χ1) is 7.33. The zero-order valence-electron chi connectivity index (χ0n) is 10.2. The predicted molar refractivity (Wildman–Crippen MR) is 96.3 cm³/mol. The molecule has 0 nitrogen and oxygen atoms in total. The molecule has 0 amide bonds. The van der Waals surface area contributed by atoms with E-state index in [1.54, 1.807) is 0 Å². The maximum Gasteiger partial charge on any atom is 0.267 e. The molecule has 0 radical (unpaired) electrons. The van der Waals surface area contributed by atoms with Crippen LogP contribution in [-0.4, -0.2) is 10.6 Å². The van der Waals surface area contributed by atoms with Crippen molar-refractivity contribution in [2.45, 2.75) is 63.7 Å². The Balaban J connectivity index is 3.47. The standard InChI is InChI=1S/C10H22Br4Si2/c1-3-15(11,4-2)9-7-5-6-8-10-16(12,13)14/h3-10H2,1-2H3. The molecule has 0 aromatic carbocycles. The smallest absolute Gasteiger partial charge is 0.126 e. The van der Waals surface area contributed by atoms with Gasteiger partial charge >= 0.3 is 0 Å². The SMILES string of the molecule is CC[Si](Br)(CC)CCCCCC[Si](Br)(Br)Br. The zero-order valence-corrected chi connectivity index (χ0v) is 18.5. The molecule has 0 aliphatic heterocycles. The summed E-state index contributed by atoms with van der Waals surface area (Å²) in [6.45, 7) is 3.68. The van der Waals surface area contributed by atoms with Crippen LogP contribution in [-0.2, 0) is 0 Å². The molecule has 0 aromatic rings. The third-order valence-electron chi connectivity index (χ3n) is 3.10. The van der Waals surface area contributed by atoms with E-state index in [4.69, 9.17) is 0 Å². The maximum absolute atomic E-state index is 4.01. The summed E-state index contributed by atoms with van der Waals surface area (Å²) in [6, 6.07) is 5.48. The molecule has 16 heavy (non-hydrogen) atoms. The number of hydrogen-bond donors (Lipinski definition) is 0. The molecular formula is C10H22Br4Si2. The molecule has 0 N–H and O–H groups in total. The van der Waals surface area contributed by atoms with E-state index in [-0.39, 0.29) is 0 Å². The van der Waals surface area contributed by atoms with Gasteiger partial charge in [0.25, 0.3) is 3.93 Å². The van der Waals surface area contributed by atoms with Crippen molar-refractivity contribution in [3.8, 4) is 0 Å². The molecule has 0 saturated heterocycles. The number of hydrogen-bond acceptors (Lipinski definition) is 0. The molecule has 98 valence electrons. The molecule has 0 unspecified atom stereocenters. The molecule has 0 spiro atoms. The maximum atomic E-state index is 4.01. The summed E-state index contributed by atoms with van der Waals surface area (Å²) in [4.78, 5) is 0. The number of unbranched alkanes of at least 4 members (excludes halogenated alkanes) is 3. The van der Waals surface area contributed by atoms with Gasteiger partial charge < -0.3 is 0 Å². The third-order valence-corrected chi connectivity index (χ3v) is 15.9. The highest BCUT2D eigenvalue weighted by Gasteiger charge is 2.24. The Morgan fingerprint density at radius 3 is 1.50 bits per heavy atom. The zero-order chi connectivity index (χ0) is 12.7. The highest BCUT2D eigenvalue weighted by molar-refractivity contribution is 9.72. The van der Waals surface area contributed by atoms with Crippen molar-refractivity contribution in [2.75, 3.05) is 0 Å². The number of rotatable bonds is 9. The lowest BCUT2D eigenvalue weighted by Gasteiger charge is -2.21. The highest BCUT2D eigenvalue weighted by Crippen LogP contribution is 2.34. The van der Waals surface area contributed by atoms with Gasteiger partial charge in [-0.25, -0.2) is 0 Å². The van der Waals surface area contributed by atoms with Gasteiger partial charge in [-0.15, -0.1) is 15.3 Å². The van der Waals surface area contributed by atoms with Crippen LogP contribution < -0.4 is 0 Å². The quantitative estimate of drug-likeness (QED) is 0.175. The Kier molecular flexibility index (Phi) is 10.7. The van der Waals surface area contributed by atoms with Crippen molar-refractivity contribution in [1.29, 1.82) is 0 Å². The van der Waals surface area contributed by atoms with Crippen LogP contribution in [0.15, 0.2) is 0 Å². The van der Waals surface area contributed by atoms with Gasteiger partial charge in [-0.3, -0.25) is 0 Å². The average molecular weight is 518 g/mol. The van der Waals surface area contributed by atoms with Crippen molar-refractivity contribution in [3.05, 3.63) is 0 Å². The average Bonchev–Trinajstić information content (AvgIpc) is 2.21. The van der Waals surface area contributed by atoms with E-state index < -0.39 is 10.6 Å². The van der Waals surface area contributed by atoms with Crippen molar-refractivity contribution >= 4 is 71.8 Å². The Bertz CT molecular complexity index is 178. The van der Waals surface area contributed by atoms with Crippen molar-refractivity contribution in [2.24, 2.45) is 0 Å². The van der Waals surface area contributed by atoms with Gasteiger partial charge in [0.05, 0.1) is 0 Å². The van der Waals surface area contributed by atoms with Crippen LogP contribution in [0.4, 0.5) is 0 Å². The van der Waals surface area contributed by atoms with Crippen LogP contribution >= 0.6 is 61.2 Å². The molecule has 0 atom stereocenters. The lowest BCUT2D eigenvalue weighted by molar-refractivity contribution is 0.695. The lowest BCUT2D eigenvalue weighted by atomic mass is 10.2. The third kappa shape index (κ3) is 10.3. The van der Waals surface area contributed by atoms with Gasteiger partial charge in [-0.05, 0) is 12.1 Å². The van der Waals surface area contributed by atoms with Gasteiger partial charge in [-0.1, -0.05) is 97.5 Å². The van der Waals surface area contributed by atoms with E-state index >= 15 is 0 Å². The van der Waals surface area contributed by atoms with E-state index in [1.807, 2.05) is 0 Å². The van der Waals surface area contributed by atoms with Crippen LogP contribution in [0.5, 0.6) is 0 Å². The second kappa shape index (κ2) is 9.29. The van der Waals surface area contributed by atoms with Gasteiger partial charge in [0.15, 0.2) is 0 Å². The summed E-state index contributed by atoms with van der Waals surface area (Å²) in [7, 11) is 0. The summed E-state index contributed by atoms with van der Waals surface area (Å²) < 4.78 is -1.33. The minimum atomic E-state index is -1.33. The Morgan fingerprint density at radius 2 is 1.12 bits per heavy atom. The minimum Gasteiger partial charge on any atom is -0.126 e. The van der Waals surface area contributed by atoms with Crippen LogP contribution in [0, 0.1) is 0 Å². The molecule has 0 bridgehead atoms. The van der Waals surface area contributed by atoms with Gasteiger partial charge in [0, 0.05) is 0 Å². The van der Waals surface area contributed by atoms with Gasteiger partial charge in [-0.2, -0.15) is 0 Å². The first-order valence-electron chi connectivity index (χ1n) is 6.08. The van der Waals surface area contributed by atoms with E-state index in [0.717, 1.165) is 0 Å². The first-order valence-corrected chi connectivity index (χ1v) is 19.9. The van der Waals surface area contributed by atoms with Gasteiger partial charge in [0.1, 0.15) is 6.69 Å². The molecule has 0 aliphatic carbocycles. The summed E-state index contributed by atoms with van der Waals surface area (Å²) in [5, 5.41) is 0. The van der Waals surface area contributed by atoms with Crippen molar-refractivity contribution in [3.63, 3.8) is 0 Å². The largest absolute Gasteiger partial charge is 0.267 e. The van der Waals surface area contributed by atoms with Crippen LogP contribution in [0.25, 0.3) is 0 Å². The van der Waals surface area contributed by atoms with Crippen LogP contribution in [0.2, 0.25) is 24.2 Å². The molecule has 0 saturated carbocycles. The fraction of sp³-hybridized carbons (Fsp3) is 1.00. The van der Waals surface area contributed by atoms with Crippen molar-refractivity contribution < 1.29 is 0 Å². The molecule has 0 rings (SSSR count). The monoisotopic (exact) mass is 514 g/mol. The lowest BCUT2D eigenvalue weighted by Crippen LogP contribution is -2.22. The number of halogens is 4. The fourth-order valence-corrected chi connectivity index (χ4v) is 7.83. The summed E-state index contributed by atoms with van der Waals surface area (Å²) in [6.07, 6.45) is 5.53. The molecule has 6 heteroatoms. The molecule has 0 heterocycles.